The van der Waals surface area contributed by atoms with Crippen molar-refractivity contribution < 1.29 is 22.4 Å². The molecule has 1 saturated heterocycles. The van der Waals surface area contributed by atoms with Crippen LogP contribution in [0.25, 0.3) is 0 Å². The summed E-state index contributed by atoms with van der Waals surface area (Å²) in [5.74, 6) is -1.44. The van der Waals surface area contributed by atoms with E-state index in [-0.39, 0.29) is 17.4 Å². The maximum absolute atomic E-state index is 14.4. The molecule has 9 heteroatoms. The molecule has 4 rings (SSSR count). The maximum atomic E-state index is 14.4. The second-order valence-corrected chi connectivity index (χ2v) is 9.81. The number of carbonyl (C=O) groups is 2. The van der Waals surface area contributed by atoms with Gasteiger partial charge in [0, 0.05) is 35.9 Å². The third-order valence-electron chi connectivity index (χ3n) is 5.46. The summed E-state index contributed by atoms with van der Waals surface area (Å²) >= 11 is 0. The van der Waals surface area contributed by atoms with E-state index in [0.29, 0.717) is 24.5 Å². The van der Waals surface area contributed by atoms with Gasteiger partial charge in [-0.1, -0.05) is 12.5 Å². The zero-order valence-corrected chi connectivity index (χ0v) is 17.8. The first-order valence-corrected chi connectivity index (χ1v) is 11.8. The molecule has 2 aromatic rings. The third-order valence-corrected chi connectivity index (χ3v) is 7.38. The van der Waals surface area contributed by atoms with Crippen molar-refractivity contribution in [1.82, 2.24) is 4.31 Å². The van der Waals surface area contributed by atoms with Gasteiger partial charge in [-0.15, -0.1) is 0 Å². The van der Waals surface area contributed by atoms with Crippen LogP contribution in [0, 0.1) is 11.7 Å². The van der Waals surface area contributed by atoms with Crippen LogP contribution in [-0.4, -0.2) is 37.6 Å². The van der Waals surface area contributed by atoms with Crippen LogP contribution in [0.5, 0.6) is 0 Å². The Hall–Kier alpha value is -2.78. The molecule has 0 bridgehead atoms. The van der Waals surface area contributed by atoms with Crippen molar-refractivity contribution in [2.24, 2.45) is 5.92 Å². The molecule has 0 spiro atoms. The molecule has 1 heterocycles. The van der Waals surface area contributed by atoms with E-state index in [0.717, 1.165) is 44.2 Å². The number of hydrogen-bond donors (Lipinski definition) is 2. The van der Waals surface area contributed by atoms with Crippen molar-refractivity contribution in [3.05, 3.63) is 53.8 Å². The molecule has 2 N–H and O–H groups in total. The molecule has 0 aromatic heterocycles. The minimum absolute atomic E-state index is 0.0319. The summed E-state index contributed by atoms with van der Waals surface area (Å²) in [7, 11) is -4.01. The minimum atomic E-state index is -4.01. The van der Waals surface area contributed by atoms with Gasteiger partial charge in [-0.25, -0.2) is 12.8 Å². The third kappa shape index (κ3) is 4.94. The molecule has 164 valence electrons. The number of halogens is 1. The molecule has 31 heavy (non-hydrogen) atoms. The lowest BCUT2D eigenvalue weighted by Crippen LogP contribution is -2.36. The van der Waals surface area contributed by atoms with Gasteiger partial charge in [0.1, 0.15) is 10.7 Å². The number of nitrogens with one attached hydrogen (secondary N) is 2. The van der Waals surface area contributed by atoms with Crippen LogP contribution in [0.1, 0.15) is 42.5 Å². The molecule has 2 amide bonds. The van der Waals surface area contributed by atoms with E-state index in [2.05, 4.69) is 10.6 Å². The Kier molecular flexibility index (Phi) is 6.06. The first-order chi connectivity index (χ1) is 14.8. The molecular weight excluding hydrogens is 421 g/mol. The Bertz CT molecular complexity index is 1110. The molecule has 1 aliphatic heterocycles. The van der Waals surface area contributed by atoms with Crippen LogP contribution in [0.15, 0.2) is 47.4 Å². The first-order valence-electron chi connectivity index (χ1n) is 10.4. The highest BCUT2D eigenvalue weighted by molar-refractivity contribution is 7.89. The van der Waals surface area contributed by atoms with Crippen molar-refractivity contribution in [1.29, 1.82) is 0 Å². The van der Waals surface area contributed by atoms with Gasteiger partial charge >= 0.3 is 0 Å². The molecule has 0 unspecified atom stereocenters. The number of sulfonamides is 1. The van der Waals surface area contributed by atoms with Gasteiger partial charge in [0.25, 0.3) is 5.91 Å². The van der Waals surface area contributed by atoms with Gasteiger partial charge in [0.2, 0.25) is 15.9 Å². The summed E-state index contributed by atoms with van der Waals surface area (Å²) < 4.78 is 41.4. The Balaban J connectivity index is 1.51. The highest BCUT2D eigenvalue weighted by Crippen LogP contribution is 2.30. The van der Waals surface area contributed by atoms with Gasteiger partial charge in [-0.2, -0.15) is 4.31 Å². The number of benzene rings is 2. The molecule has 0 radical (unpaired) electrons. The van der Waals surface area contributed by atoms with Crippen LogP contribution in [-0.2, 0) is 14.8 Å². The van der Waals surface area contributed by atoms with E-state index in [1.807, 2.05) is 0 Å². The zero-order valence-electron chi connectivity index (χ0n) is 16.9. The van der Waals surface area contributed by atoms with Crippen molar-refractivity contribution in [2.75, 3.05) is 23.7 Å². The summed E-state index contributed by atoms with van der Waals surface area (Å²) in [6, 6.07) is 10.0. The van der Waals surface area contributed by atoms with Crippen LogP contribution < -0.4 is 10.6 Å². The second kappa shape index (κ2) is 8.76. The predicted molar refractivity (Wildman–Crippen MR) is 115 cm³/mol. The van der Waals surface area contributed by atoms with E-state index >= 15 is 0 Å². The number of piperidine rings is 1. The highest BCUT2D eigenvalue weighted by atomic mass is 32.2. The Morgan fingerprint density at radius 1 is 0.935 bits per heavy atom. The fourth-order valence-electron chi connectivity index (χ4n) is 3.55. The second-order valence-electron chi connectivity index (χ2n) is 7.91. The Labute approximate surface area is 180 Å². The van der Waals surface area contributed by atoms with Gasteiger partial charge in [0.05, 0.1) is 0 Å². The lowest BCUT2D eigenvalue weighted by molar-refractivity contribution is -0.117. The Morgan fingerprint density at radius 2 is 1.61 bits per heavy atom. The lowest BCUT2D eigenvalue weighted by atomic mass is 10.2. The summed E-state index contributed by atoms with van der Waals surface area (Å²) in [6.07, 6.45) is 4.17. The molecular formula is C22H24FN3O4S. The summed E-state index contributed by atoms with van der Waals surface area (Å²) in [4.78, 5) is 24.1. The maximum Gasteiger partial charge on any atom is 0.255 e. The van der Waals surface area contributed by atoms with Crippen molar-refractivity contribution in [2.45, 2.75) is 37.0 Å². The van der Waals surface area contributed by atoms with Crippen LogP contribution in [0.4, 0.5) is 15.8 Å². The summed E-state index contributed by atoms with van der Waals surface area (Å²) in [6.45, 7) is 0.690. The van der Waals surface area contributed by atoms with Gasteiger partial charge < -0.3 is 10.6 Å². The number of anilines is 2. The molecule has 2 aromatic carbocycles. The largest absolute Gasteiger partial charge is 0.326 e. The zero-order chi connectivity index (χ0) is 22.0. The summed E-state index contributed by atoms with van der Waals surface area (Å²) in [5, 5.41) is 5.48. The van der Waals surface area contributed by atoms with Crippen LogP contribution >= 0.6 is 0 Å². The average molecular weight is 446 g/mol. The molecule has 2 fully saturated rings. The normalized spacial score (nSPS) is 17.2. The highest BCUT2D eigenvalue weighted by Gasteiger charge is 2.30. The number of hydrogen-bond acceptors (Lipinski definition) is 4. The Morgan fingerprint density at radius 3 is 2.29 bits per heavy atom. The SMILES string of the molecule is O=C(Nc1cccc(NC(=O)C2CC2)c1)c1ccc(F)c(S(=O)(=O)N2CCCCC2)c1. The van der Waals surface area contributed by atoms with Crippen LogP contribution in [0.2, 0.25) is 0 Å². The van der Waals surface area contributed by atoms with Gasteiger partial charge in [-0.3, -0.25) is 9.59 Å². The van der Waals surface area contributed by atoms with E-state index < -0.39 is 26.6 Å². The number of nitrogens with zero attached hydrogens (tertiary/aromatic N) is 1. The minimum Gasteiger partial charge on any atom is -0.326 e. The standard InChI is InChI=1S/C22H24FN3O4S/c23-19-10-9-16(13-20(19)31(29,30)26-11-2-1-3-12-26)22(28)25-18-6-4-5-17(14-18)24-21(27)15-7-8-15/h4-6,9-10,13-15H,1-3,7-8,11-12H2,(H,24,27)(H,25,28). The number of amides is 2. The van der Waals surface area contributed by atoms with Crippen molar-refractivity contribution in [3.8, 4) is 0 Å². The molecule has 7 nitrogen and oxygen atoms in total. The molecule has 1 aliphatic carbocycles. The predicted octanol–water partition coefficient (Wildman–Crippen LogP) is 3.60. The van der Waals surface area contributed by atoms with Crippen molar-refractivity contribution >= 4 is 33.2 Å². The van der Waals surface area contributed by atoms with Crippen molar-refractivity contribution in [3.63, 3.8) is 0 Å². The van der Waals surface area contributed by atoms with Gasteiger partial charge in [0.15, 0.2) is 0 Å². The smallest absolute Gasteiger partial charge is 0.255 e. The molecule has 2 aliphatic rings. The van der Waals surface area contributed by atoms with E-state index in [1.165, 1.54) is 10.4 Å². The number of rotatable bonds is 6. The number of carbonyl (C=O) groups excluding carboxylic acids is 2. The average Bonchev–Trinajstić information content (AvgIpc) is 3.60. The monoisotopic (exact) mass is 445 g/mol. The fraction of sp³-hybridized carbons (Fsp3) is 0.364. The van der Waals surface area contributed by atoms with E-state index in [9.17, 15) is 22.4 Å². The van der Waals surface area contributed by atoms with E-state index in [1.54, 1.807) is 24.3 Å². The van der Waals surface area contributed by atoms with Gasteiger partial charge in [-0.05, 0) is 62.1 Å². The van der Waals surface area contributed by atoms with Crippen LogP contribution in [0.3, 0.4) is 0 Å². The fourth-order valence-corrected chi connectivity index (χ4v) is 5.16. The topological polar surface area (TPSA) is 95.6 Å². The first kappa shape index (κ1) is 21.5. The van der Waals surface area contributed by atoms with E-state index in [4.69, 9.17) is 0 Å². The molecule has 1 saturated carbocycles. The quantitative estimate of drug-likeness (QED) is 0.710. The lowest BCUT2D eigenvalue weighted by Gasteiger charge is -2.26. The molecule has 0 atom stereocenters. The summed E-state index contributed by atoms with van der Waals surface area (Å²) in [5.41, 5.74) is 1.02.